The molecule has 1 atom stereocenters. The van der Waals surface area contributed by atoms with E-state index in [-0.39, 0.29) is 0 Å². The Kier molecular flexibility index (Phi) is 4.56. The van der Waals surface area contributed by atoms with Crippen molar-refractivity contribution in [2.75, 3.05) is 33.3 Å². The molecule has 2 aliphatic heterocycles. The average molecular weight is 288 g/mol. The number of rotatable bonds is 5. The first-order valence-corrected chi connectivity index (χ1v) is 7.88. The number of benzene rings is 1. The Bertz CT molecular complexity index is 498. The summed E-state index contributed by atoms with van der Waals surface area (Å²) in [5, 5.41) is 0. The summed E-state index contributed by atoms with van der Waals surface area (Å²) in [6, 6.07) is 6.38. The molecule has 1 unspecified atom stereocenters. The van der Waals surface area contributed by atoms with E-state index in [1.54, 1.807) is 7.11 Å². The zero-order chi connectivity index (χ0) is 14.7. The molecule has 1 aromatic carbocycles. The Hall–Kier alpha value is -1.39. The Balaban J connectivity index is 1.65. The first-order chi connectivity index (χ1) is 10.3. The predicted octanol–water partition coefficient (Wildman–Crippen LogP) is 2.18. The van der Waals surface area contributed by atoms with Crippen molar-refractivity contribution in [3.05, 3.63) is 29.3 Å². The molecule has 0 spiro atoms. The first kappa shape index (κ1) is 14.5. The molecule has 0 N–H and O–H groups in total. The second-order valence-corrected chi connectivity index (χ2v) is 6.11. The third kappa shape index (κ3) is 3.27. The fourth-order valence-electron chi connectivity index (χ4n) is 3.60. The van der Waals surface area contributed by atoms with E-state index < -0.39 is 0 Å². The van der Waals surface area contributed by atoms with Crippen molar-refractivity contribution in [2.24, 2.45) is 0 Å². The maximum atomic E-state index is 11.0. The lowest BCUT2D eigenvalue weighted by Crippen LogP contribution is -2.35. The van der Waals surface area contributed by atoms with Gasteiger partial charge in [-0.25, -0.2) is 0 Å². The van der Waals surface area contributed by atoms with Crippen LogP contribution in [0, 0.1) is 0 Å². The van der Waals surface area contributed by atoms with Crippen LogP contribution in [0.1, 0.15) is 35.2 Å². The molecule has 2 aliphatic rings. The molecule has 0 aliphatic carbocycles. The van der Waals surface area contributed by atoms with E-state index in [9.17, 15) is 4.79 Å². The molecule has 4 nitrogen and oxygen atoms in total. The topological polar surface area (TPSA) is 32.8 Å². The second kappa shape index (κ2) is 6.58. The van der Waals surface area contributed by atoms with Crippen LogP contribution >= 0.6 is 0 Å². The highest BCUT2D eigenvalue weighted by Gasteiger charge is 2.29. The van der Waals surface area contributed by atoms with Gasteiger partial charge in [0.1, 0.15) is 12.0 Å². The van der Waals surface area contributed by atoms with E-state index in [2.05, 4.69) is 9.80 Å². The minimum absolute atomic E-state index is 0.716. The number of hydrogen-bond donors (Lipinski definition) is 0. The van der Waals surface area contributed by atoms with Crippen molar-refractivity contribution < 1.29 is 9.53 Å². The maximum Gasteiger partial charge on any atom is 0.150 e. The molecule has 114 valence electrons. The van der Waals surface area contributed by atoms with E-state index in [0.29, 0.717) is 6.04 Å². The number of ether oxygens (including phenoxy) is 1. The van der Waals surface area contributed by atoms with Crippen LogP contribution in [0.5, 0.6) is 5.75 Å². The van der Waals surface area contributed by atoms with Crippen molar-refractivity contribution in [1.82, 2.24) is 9.80 Å². The van der Waals surface area contributed by atoms with Gasteiger partial charge in [-0.15, -0.1) is 0 Å². The molecule has 21 heavy (non-hydrogen) atoms. The Morgan fingerprint density at radius 3 is 2.81 bits per heavy atom. The summed E-state index contributed by atoms with van der Waals surface area (Å²) >= 11 is 0. The van der Waals surface area contributed by atoms with Crippen molar-refractivity contribution >= 4 is 6.29 Å². The van der Waals surface area contributed by atoms with Gasteiger partial charge < -0.3 is 4.74 Å². The van der Waals surface area contributed by atoms with Crippen LogP contribution in [-0.2, 0) is 6.54 Å². The number of aldehydes is 1. The molecule has 0 saturated carbocycles. The van der Waals surface area contributed by atoms with Gasteiger partial charge in [-0.3, -0.25) is 14.6 Å². The third-order valence-corrected chi connectivity index (χ3v) is 4.74. The van der Waals surface area contributed by atoms with Crippen LogP contribution in [-0.4, -0.2) is 55.4 Å². The molecule has 1 aromatic rings. The summed E-state index contributed by atoms with van der Waals surface area (Å²) in [6.45, 7) is 5.67. The fraction of sp³-hybridized carbons (Fsp3) is 0.588. The molecule has 2 heterocycles. The number of nitrogens with zero attached hydrogens (tertiary/aromatic N) is 2. The number of likely N-dealkylation sites (tertiary alicyclic amines) is 2. The normalized spacial score (nSPS) is 23.6. The number of hydrogen-bond acceptors (Lipinski definition) is 4. The van der Waals surface area contributed by atoms with E-state index in [0.717, 1.165) is 42.8 Å². The summed E-state index contributed by atoms with van der Waals surface area (Å²) in [7, 11) is 1.69. The molecular formula is C17H24N2O2. The lowest BCUT2D eigenvalue weighted by Gasteiger charge is -2.24. The fourth-order valence-corrected chi connectivity index (χ4v) is 3.60. The van der Waals surface area contributed by atoms with Gasteiger partial charge in [-0.1, -0.05) is 0 Å². The predicted molar refractivity (Wildman–Crippen MR) is 82.9 cm³/mol. The number of carbonyl (C=O) groups is 1. The largest absolute Gasteiger partial charge is 0.496 e. The monoisotopic (exact) mass is 288 g/mol. The summed E-state index contributed by atoms with van der Waals surface area (Å²) in [5.74, 6) is 0.880. The maximum absolute atomic E-state index is 11.0. The Morgan fingerprint density at radius 1 is 1.29 bits per heavy atom. The van der Waals surface area contributed by atoms with Crippen LogP contribution in [0.2, 0.25) is 0 Å². The van der Waals surface area contributed by atoms with Gasteiger partial charge in [0.05, 0.1) is 7.11 Å². The SMILES string of the molecule is COc1ccc(C=O)cc1CN1CCC(N2CCCC2)C1. The highest BCUT2D eigenvalue weighted by atomic mass is 16.5. The molecular weight excluding hydrogens is 264 g/mol. The van der Waals surface area contributed by atoms with Gasteiger partial charge in [0.25, 0.3) is 0 Å². The lowest BCUT2D eigenvalue weighted by atomic mass is 10.1. The highest BCUT2D eigenvalue weighted by molar-refractivity contribution is 5.75. The van der Waals surface area contributed by atoms with Gasteiger partial charge >= 0.3 is 0 Å². The Labute approximate surface area is 126 Å². The highest BCUT2D eigenvalue weighted by Crippen LogP contribution is 2.25. The minimum Gasteiger partial charge on any atom is -0.496 e. The van der Waals surface area contributed by atoms with E-state index >= 15 is 0 Å². The zero-order valence-corrected chi connectivity index (χ0v) is 12.8. The molecule has 0 aromatic heterocycles. The molecule has 2 fully saturated rings. The van der Waals surface area contributed by atoms with Crippen LogP contribution in [0.3, 0.4) is 0 Å². The molecule has 4 heteroatoms. The first-order valence-electron chi connectivity index (χ1n) is 7.88. The summed E-state index contributed by atoms with van der Waals surface area (Å²) in [6.07, 6.45) is 4.87. The number of carbonyl (C=O) groups excluding carboxylic acids is 1. The molecule has 0 radical (unpaired) electrons. The number of methoxy groups -OCH3 is 1. The van der Waals surface area contributed by atoms with Crippen molar-refractivity contribution in [1.29, 1.82) is 0 Å². The lowest BCUT2D eigenvalue weighted by molar-refractivity contribution is 0.112. The van der Waals surface area contributed by atoms with Crippen molar-refractivity contribution in [3.63, 3.8) is 0 Å². The van der Waals surface area contributed by atoms with Crippen LogP contribution in [0.15, 0.2) is 18.2 Å². The quantitative estimate of drug-likeness (QED) is 0.778. The van der Waals surface area contributed by atoms with E-state index in [1.165, 1.54) is 32.4 Å². The van der Waals surface area contributed by atoms with Crippen LogP contribution < -0.4 is 4.74 Å². The molecule has 2 saturated heterocycles. The Morgan fingerprint density at radius 2 is 2.10 bits per heavy atom. The summed E-state index contributed by atoms with van der Waals surface area (Å²) < 4.78 is 5.43. The van der Waals surface area contributed by atoms with E-state index in [4.69, 9.17) is 4.74 Å². The minimum atomic E-state index is 0.716. The van der Waals surface area contributed by atoms with E-state index in [1.807, 2.05) is 18.2 Å². The molecule has 3 rings (SSSR count). The van der Waals surface area contributed by atoms with Crippen molar-refractivity contribution in [3.8, 4) is 5.75 Å². The summed E-state index contributed by atoms with van der Waals surface area (Å²) in [5.41, 5.74) is 1.84. The van der Waals surface area contributed by atoms with Crippen LogP contribution in [0.4, 0.5) is 0 Å². The van der Waals surface area contributed by atoms with Gasteiger partial charge in [-0.2, -0.15) is 0 Å². The molecule has 0 bridgehead atoms. The third-order valence-electron chi connectivity index (χ3n) is 4.74. The smallest absolute Gasteiger partial charge is 0.150 e. The van der Waals surface area contributed by atoms with Gasteiger partial charge in [0, 0.05) is 36.8 Å². The zero-order valence-electron chi connectivity index (χ0n) is 12.8. The van der Waals surface area contributed by atoms with Gasteiger partial charge in [-0.05, 0) is 50.6 Å². The van der Waals surface area contributed by atoms with Crippen molar-refractivity contribution in [2.45, 2.75) is 31.8 Å². The average Bonchev–Trinajstić information content (AvgIpc) is 3.18. The molecule has 0 amide bonds. The van der Waals surface area contributed by atoms with Gasteiger partial charge in [0.15, 0.2) is 0 Å². The van der Waals surface area contributed by atoms with Crippen LogP contribution in [0.25, 0.3) is 0 Å². The standard InChI is InChI=1S/C17H24N2O2/c1-21-17-5-4-14(13-20)10-15(17)11-18-9-6-16(12-18)19-7-2-3-8-19/h4-5,10,13,16H,2-3,6-9,11-12H2,1H3. The van der Waals surface area contributed by atoms with Gasteiger partial charge in [0.2, 0.25) is 0 Å². The summed E-state index contributed by atoms with van der Waals surface area (Å²) in [4.78, 5) is 16.1. The second-order valence-electron chi connectivity index (χ2n) is 6.11.